The third kappa shape index (κ3) is 3.89. The second-order valence-electron chi connectivity index (χ2n) is 6.28. The highest BCUT2D eigenvalue weighted by Crippen LogP contribution is 2.30. The summed E-state index contributed by atoms with van der Waals surface area (Å²) in [6, 6.07) is 15.2. The Morgan fingerprint density at radius 1 is 1.05 bits per heavy atom. The molecule has 1 unspecified atom stereocenters. The van der Waals surface area contributed by atoms with Crippen LogP contribution in [0.3, 0.4) is 0 Å². The minimum Gasteiger partial charge on any atom is -0.496 e. The van der Waals surface area contributed by atoms with Gasteiger partial charge in [0.1, 0.15) is 5.75 Å². The molecule has 22 heavy (non-hydrogen) atoms. The SMILES string of the molecule is COc1ccc(C)cc1C(CN)Cc1ccc(C(C)C)cc1. The van der Waals surface area contributed by atoms with E-state index in [2.05, 4.69) is 57.2 Å². The first kappa shape index (κ1) is 16.6. The molecule has 0 heterocycles. The van der Waals surface area contributed by atoms with E-state index in [9.17, 15) is 0 Å². The Kier molecular flexibility index (Phi) is 5.62. The van der Waals surface area contributed by atoms with Crippen molar-refractivity contribution in [3.05, 3.63) is 64.7 Å². The van der Waals surface area contributed by atoms with Crippen LogP contribution in [0.15, 0.2) is 42.5 Å². The summed E-state index contributed by atoms with van der Waals surface area (Å²) in [7, 11) is 1.72. The van der Waals surface area contributed by atoms with Crippen molar-refractivity contribution in [2.45, 2.75) is 39.0 Å². The van der Waals surface area contributed by atoms with Crippen molar-refractivity contribution in [2.75, 3.05) is 13.7 Å². The summed E-state index contributed by atoms with van der Waals surface area (Å²) >= 11 is 0. The number of hydrogen-bond acceptors (Lipinski definition) is 2. The summed E-state index contributed by atoms with van der Waals surface area (Å²) in [6.45, 7) is 7.16. The normalized spacial score (nSPS) is 12.5. The molecule has 0 aliphatic heterocycles. The maximum Gasteiger partial charge on any atom is 0.122 e. The van der Waals surface area contributed by atoms with Crippen molar-refractivity contribution in [2.24, 2.45) is 5.73 Å². The molecule has 2 nitrogen and oxygen atoms in total. The predicted molar refractivity (Wildman–Crippen MR) is 93.8 cm³/mol. The van der Waals surface area contributed by atoms with Crippen LogP contribution >= 0.6 is 0 Å². The molecule has 0 aliphatic carbocycles. The lowest BCUT2D eigenvalue weighted by Gasteiger charge is -2.19. The molecule has 0 spiro atoms. The van der Waals surface area contributed by atoms with Crippen molar-refractivity contribution < 1.29 is 4.74 Å². The van der Waals surface area contributed by atoms with Gasteiger partial charge in [-0.05, 0) is 48.6 Å². The maximum atomic E-state index is 6.05. The zero-order chi connectivity index (χ0) is 16.1. The lowest BCUT2D eigenvalue weighted by molar-refractivity contribution is 0.405. The Bertz CT molecular complexity index is 602. The van der Waals surface area contributed by atoms with Gasteiger partial charge in [-0.2, -0.15) is 0 Å². The molecule has 0 aliphatic rings. The standard InChI is InChI=1S/C20H27NO/c1-14(2)17-8-6-16(7-9-17)12-18(13-21)19-11-15(3)5-10-20(19)22-4/h5-11,14,18H,12-13,21H2,1-4H3. The van der Waals surface area contributed by atoms with Crippen molar-refractivity contribution in [3.8, 4) is 5.75 Å². The number of aryl methyl sites for hydroxylation is 1. The topological polar surface area (TPSA) is 35.2 Å². The Morgan fingerprint density at radius 3 is 2.27 bits per heavy atom. The smallest absolute Gasteiger partial charge is 0.122 e. The number of nitrogens with two attached hydrogens (primary N) is 1. The molecular formula is C20H27NO. The monoisotopic (exact) mass is 297 g/mol. The van der Waals surface area contributed by atoms with Crippen LogP contribution in [0.5, 0.6) is 5.75 Å². The largest absolute Gasteiger partial charge is 0.496 e. The van der Waals surface area contributed by atoms with E-state index < -0.39 is 0 Å². The molecule has 2 aromatic rings. The Labute approximate surface area is 134 Å². The van der Waals surface area contributed by atoms with Gasteiger partial charge in [0, 0.05) is 5.92 Å². The lowest BCUT2D eigenvalue weighted by atomic mass is 9.89. The van der Waals surface area contributed by atoms with Crippen molar-refractivity contribution in [3.63, 3.8) is 0 Å². The third-order valence-electron chi connectivity index (χ3n) is 4.24. The molecular weight excluding hydrogens is 270 g/mol. The summed E-state index contributed by atoms with van der Waals surface area (Å²) in [6.07, 6.45) is 0.939. The summed E-state index contributed by atoms with van der Waals surface area (Å²) in [5.41, 5.74) is 11.2. The summed E-state index contributed by atoms with van der Waals surface area (Å²) in [5.74, 6) is 1.77. The molecule has 2 rings (SSSR count). The Hall–Kier alpha value is -1.80. The lowest BCUT2D eigenvalue weighted by Crippen LogP contribution is -2.16. The summed E-state index contributed by atoms with van der Waals surface area (Å²) in [5, 5.41) is 0. The van der Waals surface area contributed by atoms with Crippen LogP contribution in [0, 0.1) is 6.92 Å². The first-order valence-electron chi connectivity index (χ1n) is 7.98. The van der Waals surface area contributed by atoms with Crippen LogP contribution in [0.25, 0.3) is 0 Å². The number of benzene rings is 2. The van der Waals surface area contributed by atoms with Crippen molar-refractivity contribution in [1.82, 2.24) is 0 Å². The molecule has 0 amide bonds. The van der Waals surface area contributed by atoms with Gasteiger partial charge < -0.3 is 10.5 Å². The van der Waals surface area contributed by atoms with Gasteiger partial charge in [0.05, 0.1) is 7.11 Å². The zero-order valence-corrected chi connectivity index (χ0v) is 14.1. The van der Waals surface area contributed by atoms with Gasteiger partial charge in [-0.25, -0.2) is 0 Å². The van der Waals surface area contributed by atoms with E-state index in [-0.39, 0.29) is 5.92 Å². The van der Waals surface area contributed by atoms with Crippen LogP contribution < -0.4 is 10.5 Å². The van der Waals surface area contributed by atoms with Gasteiger partial charge in [-0.3, -0.25) is 0 Å². The van der Waals surface area contributed by atoms with Crippen molar-refractivity contribution in [1.29, 1.82) is 0 Å². The number of rotatable bonds is 6. The fraction of sp³-hybridized carbons (Fsp3) is 0.400. The van der Waals surface area contributed by atoms with E-state index in [1.165, 1.54) is 22.3 Å². The Balaban J connectivity index is 2.23. The molecule has 0 radical (unpaired) electrons. The van der Waals surface area contributed by atoms with Crippen LogP contribution in [0.1, 0.15) is 47.9 Å². The van der Waals surface area contributed by atoms with Gasteiger partial charge in [-0.1, -0.05) is 55.8 Å². The van der Waals surface area contributed by atoms with E-state index in [0.29, 0.717) is 12.5 Å². The predicted octanol–water partition coefficient (Wildman–Crippen LogP) is 4.41. The van der Waals surface area contributed by atoms with Gasteiger partial charge in [0.25, 0.3) is 0 Å². The molecule has 2 N–H and O–H groups in total. The molecule has 118 valence electrons. The molecule has 0 saturated heterocycles. The molecule has 0 saturated carbocycles. The highest BCUT2D eigenvalue weighted by Gasteiger charge is 2.16. The van der Waals surface area contributed by atoms with E-state index >= 15 is 0 Å². The minimum absolute atomic E-state index is 0.278. The highest BCUT2D eigenvalue weighted by atomic mass is 16.5. The number of hydrogen-bond donors (Lipinski definition) is 1. The number of methoxy groups -OCH3 is 1. The summed E-state index contributed by atoms with van der Waals surface area (Å²) in [4.78, 5) is 0. The average molecular weight is 297 g/mol. The second-order valence-corrected chi connectivity index (χ2v) is 6.28. The minimum atomic E-state index is 0.278. The molecule has 2 aromatic carbocycles. The van der Waals surface area contributed by atoms with Gasteiger partial charge >= 0.3 is 0 Å². The highest BCUT2D eigenvalue weighted by molar-refractivity contribution is 5.40. The van der Waals surface area contributed by atoms with Gasteiger partial charge in [0.2, 0.25) is 0 Å². The van der Waals surface area contributed by atoms with E-state index in [0.717, 1.165) is 12.2 Å². The van der Waals surface area contributed by atoms with Gasteiger partial charge in [-0.15, -0.1) is 0 Å². The third-order valence-corrected chi connectivity index (χ3v) is 4.24. The quantitative estimate of drug-likeness (QED) is 0.857. The molecule has 0 aromatic heterocycles. The molecule has 1 atom stereocenters. The van der Waals surface area contributed by atoms with E-state index in [4.69, 9.17) is 10.5 Å². The van der Waals surface area contributed by atoms with Crippen LogP contribution in [0.2, 0.25) is 0 Å². The molecule has 0 fully saturated rings. The Morgan fingerprint density at radius 2 is 1.73 bits per heavy atom. The fourth-order valence-corrected chi connectivity index (χ4v) is 2.82. The molecule has 0 bridgehead atoms. The number of ether oxygens (including phenoxy) is 1. The first-order chi connectivity index (χ1) is 10.5. The zero-order valence-electron chi connectivity index (χ0n) is 14.1. The summed E-state index contributed by atoms with van der Waals surface area (Å²) < 4.78 is 5.52. The van der Waals surface area contributed by atoms with Gasteiger partial charge in [0.15, 0.2) is 0 Å². The van der Waals surface area contributed by atoms with Crippen LogP contribution in [0.4, 0.5) is 0 Å². The van der Waals surface area contributed by atoms with Crippen LogP contribution in [-0.4, -0.2) is 13.7 Å². The maximum absolute atomic E-state index is 6.05. The van der Waals surface area contributed by atoms with E-state index in [1.807, 2.05) is 6.07 Å². The fourth-order valence-electron chi connectivity index (χ4n) is 2.82. The second kappa shape index (κ2) is 7.46. The van der Waals surface area contributed by atoms with Crippen LogP contribution in [-0.2, 0) is 6.42 Å². The van der Waals surface area contributed by atoms with E-state index in [1.54, 1.807) is 7.11 Å². The molecule has 2 heteroatoms. The average Bonchev–Trinajstić information content (AvgIpc) is 2.53. The van der Waals surface area contributed by atoms with Crippen molar-refractivity contribution >= 4 is 0 Å². The first-order valence-corrected chi connectivity index (χ1v) is 7.98.